The molecular formula is C16H15Cl2NO3. The third-order valence-corrected chi connectivity index (χ3v) is 3.42. The van der Waals surface area contributed by atoms with E-state index in [1.807, 2.05) is 0 Å². The van der Waals surface area contributed by atoms with E-state index in [-0.39, 0.29) is 5.56 Å². The number of carbonyl (C=O) groups is 1. The Morgan fingerprint density at radius 1 is 1.09 bits per heavy atom. The molecule has 0 aliphatic rings. The lowest BCUT2D eigenvalue weighted by molar-refractivity contribution is 0.0698. The quantitative estimate of drug-likeness (QED) is 0.725. The van der Waals surface area contributed by atoms with Crippen LogP contribution in [0.4, 0.5) is 5.69 Å². The molecule has 0 fully saturated rings. The Kier molecular flexibility index (Phi) is 5.92. The van der Waals surface area contributed by atoms with Gasteiger partial charge in [-0.3, -0.25) is 0 Å². The van der Waals surface area contributed by atoms with Crippen molar-refractivity contribution in [3.05, 3.63) is 58.1 Å². The number of benzene rings is 2. The lowest BCUT2D eigenvalue weighted by atomic mass is 10.2. The number of carboxylic acids is 1. The Bertz CT molecular complexity index is 644. The van der Waals surface area contributed by atoms with Crippen LogP contribution in [0.5, 0.6) is 5.75 Å². The molecule has 0 aliphatic carbocycles. The Morgan fingerprint density at radius 3 is 2.45 bits per heavy atom. The summed E-state index contributed by atoms with van der Waals surface area (Å²) in [5, 5.41) is 13.3. The molecule has 22 heavy (non-hydrogen) atoms. The first-order chi connectivity index (χ1) is 10.6. The third-order valence-electron chi connectivity index (χ3n) is 2.93. The van der Waals surface area contributed by atoms with Gasteiger partial charge >= 0.3 is 5.97 Å². The fraction of sp³-hybridized carbons (Fsp3) is 0.188. The van der Waals surface area contributed by atoms with E-state index in [1.165, 1.54) is 6.07 Å². The lowest BCUT2D eigenvalue weighted by Crippen LogP contribution is -2.10. The van der Waals surface area contributed by atoms with Gasteiger partial charge in [0.15, 0.2) is 0 Å². The maximum Gasteiger partial charge on any atom is 0.337 e. The normalized spacial score (nSPS) is 10.3. The molecule has 0 spiro atoms. The number of anilines is 1. The first kappa shape index (κ1) is 16.5. The molecule has 0 saturated carbocycles. The van der Waals surface area contributed by atoms with Crippen molar-refractivity contribution in [2.24, 2.45) is 0 Å². The van der Waals surface area contributed by atoms with E-state index in [0.717, 1.165) is 12.2 Å². The summed E-state index contributed by atoms with van der Waals surface area (Å²) in [6, 6.07) is 11.9. The summed E-state index contributed by atoms with van der Waals surface area (Å²) in [5.41, 5.74) is 0.703. The highest BCUT2D eigenvalue weighted by molar-refractivity contribution is 6.31. The SMILES string of the molecule is O=C(O)c1cc(Cl)ccc1NCCCOc1ccc(Cl)cc1. The number of hydrogen-bond acceptors (Lipinski definition) is 3. The second-order valence-electron chi connectivity index (χ2n) is 4.58. The van der Waals surface area contributed by atoms with E-state index >= 15 is 0 Å². The van der Waals surface area contributed by atoms with E-state index in [9.17, 15) is 4.79 Å². The highest BCUT2D eigenvalue weighted by atomic mass is 35.5. The van der Waals surface area contributed by atoms with E-state index in [2.05, 4.69) is 5.32 Å². The van der Waals surface area contributed by atoms with Crippen LogP contribution in [0.1, 0.15) is 16.8 Å². The Labute approximate surface area is 138 Å². The average Bonchev–Trinajstić information content (AvgIpc) is 2.50. The zero-order chi connectivity index (χ0) is 15.9. The summed E-state index contributed by atoms with van der Waals surface area (Å²) in [4.78, 5) is 11.1. The Balaban J connectivity index is 1.79. The molecule has 2 aromatic rings. The maximum absolute atomic E-state index is 11.1. The van der Waals surface area contributed by atoms with Crippen molar-refractivity contribution in [3.8, 4) is 5.75 Å². The molecule has 2 aromatic carbocycles. The predicted octanol–water partition coefficient (Wildman–Crippen LogP) is 4.57. The molecule has 6 heteroatoms. The maximum atomic E-state index is 11.1. The van der Waals surface area contributed by atoms with Gasteiger partial charge in [0.25, 0.3) is 0 Å². The van der Waals surface area contributed by atoms with Gasteiger partial charge in [-0.15, -0.1) is 0 Å². The van der Waals surface area contributed by atoms with Crippen LogP contribution in [0.25, 0.3) is 0 Å². The predicted molar refractivity (Wildman–Crippen MR) is 88.5 cm³/mol. The van der Waals surface area contributed by atoms with Crippen LogP contribution in [0.3, 0.4) is 0 Å². The molecule has 0 unspecified atom stereocenters. The first-order valence-electron chi connectivity index (χ1n) is 6.71. The van der Waals surface area contributed by atoms with Gasteiger partial charge in [-0.05, 0) is 48.9 Å². The molecule has 0 radical (unpaired) electrons. The lowest BCUT2D eigenvalue weighted by Gasteiger charge is -2.10. The van der Waals surface area contributed by atoms with Crippen molar-refractivity contribution in [2.45, 2.75) is 6.42 Å². The average molecular weight is 340 g/mol. The molecule has 0 saturated heterocycles. The van der Waals surface area contributed by atoms with Gasteiger partial charge < -0.3 is 15.2 Å². The molecule has 0 aromatic heterocycles. The van der Waals surface area contributed by atoms with Crippen LogP contribution < -0.4 is 10.1 Å². The number of ether oxygens (including phenoxy) is 1. The third kappa shape index (κ3) is 4.83. The molecule has 0 atom stereocenters. The Hall–Kier alpha value is -1.91. The van der Waals surface area contributed by atoms with Crippen molar-refractivity contribution in [1.82, 2.24) is 0 Å². The largest absolute Gasteiger partial charge is 0.494 e. The minimum absolute atomic E-state index is 0.158. The summed E-state index contributed by atoms with van der Waals surface area (Å²) in [6.07, 6.45) is 0.726. The number of aromatic carboxylic acids is 1. The summed E-state index contributed by atoms with van der Waals surface area (Å²) in [7, 11) is 0. The second-order valence-corrected chi connectivity index (χ2v) is 5.45. The molecule has 0 aliphatic heterocycles. The number of nitrogens with one attached hydrogen (secondary N) is 1. The molecule has 0 bridgehead atoms. The molecule has 0 heterocycles. The second kappa shape index (κ2) is 7.92. The van der Waals surface area contributed by atoms with Crippen molar-refractivity contribution in [1.29, 1.82) is 0 Å². The molecule has 2 rings (SSSR count). The summed E-state index contributed by atoms with van der Waals surface area (Å²) < 4.78 is 5.56. The van der Waals surface area contributed by atoms with Crippen LogP contribution in [-0.2, 0) is 0 Å². The summed E-state index contributed by atoms with van der Waals surface area (Å²) >= 11 is 11.6. The van der Waals surface area contributed by atoms with E-state index in [1.54, 1.807) is 36.4 Å². The van der Waals surface area contributed by atoms with Crippen LogP contribution in [0.15, 0.2) is 42.5 Å². The molecule has 116 valence electrons. The van der Waals surface area contributed by atoms with Crippen molar-refractivity contribution < 1.29 is 14.6 Å². The van der Waals surface area contributed by atoms with Crippen LogP contribution in [0, 0.1) is 0 Å². The van der Waals surface area contributed by atoms with E-state index in [4.69, 9.17) is 33.0 Å². The van der Waals surface area contributed by atoms with Gasteiger partial charge in [-0.2, -0.15) is 0 Å². The van der Waals surface area contributed by atoms with Gasteiger partial charge in [-0.1, -0.05) is 23.2 Å². The molecule has 2 N–H and O–H groups in total. The van der Waals surface area contributed by atoms with Gasteiger partial charge in [0.05, 0.1) is 12.2 Å². The van der Waals surface area contributed by atoms with Gasteiger partial charge in [0, 0.05) is 22.3 Å². The van der Waals surface area contributed by atoms with Crippen LogP contribution >= 0.6 is 23.2 Å². The summed E-state index contributed by atoms with van der Waals surface area (Å²) in [6.45, 7) is 1.11. The van der Waals surface area contributed by atoms with Crippen LogP contribution in [0.2, 0.25) is 10.0 Å². The van der Waals surface area contributed by atoms with Gasteiger partial charge in [0.1, 0.15) is 5.75 Å². The van der Waals surface area contributed by atoms with Crippen molar-refractivity contribution in [2.75, 3.05) is 18.5 Å². The molecule has 0 amide bonds. The van der Waals surface area contributed by atoms with Crippen molar-refractivity contribution in [3.63, 3.8) is 0 Å². The van der Waals surface area contributed by atoms with Crippen LogP contribution in [-0.4, -0.2) is 24.2 Å². The number of halogens is 2. The minimum atomic E-state index is -1.01. The molecule has 4 nitrogen and oxygen atoms in total. The highest BCUT2D eigenvalue weighted by Gasteiger charge is 2.10. The van der Waals surface area contributed by atoms with Crippen molar-refractivity contribution >= 4 is 34.9 Å². The topological polar surface area (TPSA) is 58.6 Å². The standard InChI is InChI=1S/C16H15Cl2NO3/c17-11-2-5-13(6-3-11)22-9-1-8-19-15-7-4-12(18)10-14(15)16(20)21/h2-7,10,19H,1,8-9H2,(H,20,21). The number of rotatable bonds is 7. The Morgan fingerprint density at radius 2 is 1.77 bits per heavy atom. The molecular weight excluding hydrogens is 325 g/mol. The van der Waals surface area contributed by atoms with Gasteiger partial charge in [0.2, 0.25) is 0 Å². The smallest absolute Gasteiger partial charge is 0.337 e. The zero-order valence-corrected chi connectivity index (χ0v) is 13.2. The highest BCUT2D eigenvalue weighted by Crippen LogP contribution is 2.21. The van der Waals surface area contributed by atoms with Gasteiger partial charge in [-0.25, -0.2) is 4.79 Å². The number of carboxylic acid groups (broad SMARTS) is 1. The summed E-state index contributed by atoms with van der Waals surface area (Å²) in [5.74, 6) is -0.260. The zero-order valence-electron chi connectivity index (χ0n) is 11.7. The monoisotopic (exact) mass is 339 g/mol. The number of hydrogen-bond donors (Lipinski definition) is 2. The fourth-order valence-electron chi connectivity index (χ4n) is 1.86. The minimum Gasteiger partial charge on any atom is -0.494 e. The first-order valence-corrected chi connectivity index (χ1v) is 7.47. The fourth-order valence-corrected chi connectivity index (χ4v) is 2.16. The van der Waals surface area contributed by atoms with E-state index in [0.29, 0.717) is 28.9 Å². The van der Waals surface area contributed by atoms with E-state index < -0.39 is 5.97 Å².